The van der Waals surface area contributed by atoms with Crippen LogP contribution in [0.1, 0.15) is 5.56 Å². The van der Waals surface area contributed by atoms with Gasteiger partial charge in [-0.25, -0.2) is 17.9 Å². The van der Waals surface area contributed by atoms with Gasteiger partial charge in [-0.3, -0.25) is 4.90 Å². The number of nitrogens with zero attached hydrogens (tertiary/aromatic N) is 1. The Hall–Kier alpha value is -1.81. The fourth-order valence-electron chi connectivity index (χ4n) is 2.65. The van der Waals surface area contributed by atoms with Crippen molar-refractivity contribution < 1.29 is 22.7 Å². The number of hydrogen-bond acceptors (Lipinski definition) is 5. The number of ether oxygens (including phenoxy) is 2. The highest BCUT2D eigenvalue weighted by molar-refractivity contribution is 9.10. The molecule has 0 bridgehead atoms. The Labute approximate surface area is 170 Å². The molecule has 27 heavy (non-hydrogen) atoms. The van der Waals surface area contributed by atoms with E-state index in [1.807, 2.05) is 0 Å². The summed E-state index contributed by atoms with van der Waals surface area (Å²) < 4.78 is 38.5. The van der Waals surface area contributed by atoms with Gasteiger partial charge in [0.25, 0.3) is 0 Å². The van der Waals surface area contributed by atoms with Crippen molar-refractivity contribution in [1.82, 2.24) is 4.72 Å². The van der Waals surface area contributed by atoms with Crippen LogP contribution in [-0.4, -0.2) is 34.8 Å². The summed E-state index contributed by atoms with van der Waals surface area (Å²) in [4.78, 5) is 13.1. The van der Waals surface area contributed by atoms with E-state index in [1.54, 1.807) is 30.3 Å². The number of methoxy groups -OCH3 is 1. The molecule has 0 unspecified atom stereocenters. The predicted octanol–water partition coefficient (Wildman–Crippen LogP) is 3.55. The van der Waals surface area contributed by atoms with Crippen molar-refractivity contribution in [3.63, 3.8) is 0 Å². The fourth-order valence-corrected chi connectivity index (χ4v) is 5.05. The second-order valence-electron chi connectivity index (χ2n) is 5.68. The van der Waals surface area contributed by atoms with E-state index in [0.29, 0.717) is 28.9 Å². The zero-order chi connectivity index (χ0) is 19.6. The molecular formula is C17H16BrClN2O5S. The standard InChI is InChI=1S/C17H16BrClN2O5S/c1-25-16-14(18)8-12(19)9-15(16)27(23,24)20-10-11-3-2-4-13(7-11)21-5-6-26-17(21)22/h2-4,7-9,20H,5-6,10H2,1H3. The Morgan fingerprint density at radius 3 is 2.78 bits per heavy atom. The van der Waals surface area contributed by atoms with Crippen molar-refractivity contribution in [2.45, 2.75) is 11.4 Å². The molecule has 1 N–H and O–H groups in total. The first-order chi connectivity index (χ1) is 12.8. The van der Waals surface area contributed by atoms with Gasteiger partial charge in [-0.1, -0.05) is 23.7 Å². The van der Waals surface area contributed by atoms with Gasteiger partial charge in [0, 0.05) is 17.3 Å². The van der Waals surface area contributed by atoms with E-state index in [2.05, 4.69) is 20.7 Å². The summed E-state index contributed by atoms with van der Waals surface area (Å²) >= 11 is 9.23. The number of benzene rings is 2. The van der Waals surface area contributed by atoms with Gasteiger partial charge in [-0.05, 0) is 45.8 Å². The van der Waals surface area contributed by atoms with Gasteiger partial charge >= 0.3 is 6.09 Å². The summed E-state index contributed by atoms with van der Waals surface area (Å²) in [7, 11) is -2.50. The summed E-state index contributed by atoms with van der Waals surface area (Å²) in [5.74, 6) is 0.167. The van der Waals surface area contributed by atoms with E-state index in [-0.39, 0.29) is 22.2 Å². The topological polar surface area (TPSA) is 84.9 Å². The molecule has 144 valence electrons. The van der Waals surface area contributed by atoms with Crippen molar-refractivity contribution in [2.24, 2.45) is 0 Å². The maximum atomic E-state index is 12.7. The summed E-state index contributed by atoms with van der Waals surface area (Å²) in [6, 6.07) is 9.89. The Morgan fingerprint density at radius 2 is 2.11 bits per heavy atom. The lowest BCUT2D eigenvalue weighted by Crippen LogP contribution is -2.25. The molecule has 7 nitrogen and oxygen atoms in total. The minimum Gasteiger partial charge on any atom is -0.494 e. The highest BCUT2D eigenvalue weighted by Gasteiger charge is 2.25. The summed E-state index contributed by atoms with van der Waals surface area (Å²) in [5.41, 5.74) is 1.34. The minimum atomic E-state index is -3.88. The van der Waals surface area contributed by atoms with Gasteiger partial charge in [0.05, 0.1) is 18.1 Å². The first-order valence-corrected chi connectivity index (χ1v) is 10.5. The molecule has 0 radical (unpaired) electrons. The van der Waals surface area contributed by atoms with E-state index in [1.165, 1.54) is 18.1 Å². The van der Waals surface area contributed by atoms with E-state index in [9.17, 15) is 13.2 Å². The van der Waals surface area contributed by atoms with Crippen molar-refractivity contribution in [2.75, 3.05) is 25.2 Å². The number of carbonyl (C=O) groups excluding carboxylic acids is 1. The van der Waals surface area contributed by atoms with Crippen LogP contribution in [0.5, 0.6) is 5.75 Å². The lowest BCUT2D eigenvalue weighted by Gasteiger charge is -2.15. The Kier molecular flexibility index (Phi) is 5.95. The van der Waals surface area contributed by atoms with E-state index >= 15 is 0 Å². The maximum absolute atomic E-state index is 12.7. The number of carbonyl (C=O) groups is 1. The molecule has 1 saturated heterocycles. The van der Waals surface area contributed by atoms with Crippen LogP contribution in [0.4, 0.5) is 10.5 Å². The number of cyclic esters (lactones) is 1. The van der Waals surface area contributed by atoms with Gasteiger partial charge in [-0.2, -0.15) is 0 Å². The van der Waals surface area contributed by atoms with Crippen molar-refractivity contribution >= 4 is 49.3 Å². The SMILES string of the molecule is COc1c(Br)cc(Cl)cc1S(=O)(=O)NCc1cccc(N2CCOC2=O)c1. The largest absolute Gasteiger partial charge is 0.494 e. The number of nitrogens with one attached hydrogen (secondary N) is 1. The molecule has 0 atom stereocenters. The third-order valence-electron chi connectivity index (χ3n) is 3.92. The molecule has 1 aliphatic rings. The van der Waals surface area contributed by atoms with Crippen LogP contribution in [-0.2, 0) is 21.3 Å². The molecule has 2 aromatic carbocycles. The van der Waals surface area contributed by atoms with Crippen LogP contribution in [0.3, 0.4) is 0 Å². The second kappa shape index (κ2) is 8.05. The molecule has 1 heterocycles. The first kappa shape index (κ1) is 19.9. The molecule has 10 heteroatoms. The molecule has 0 aliphatic carbocycles. The molecule has 0 aromatic heterocycles. The van der Waals surface area contributed by atoms with Crippen LogP contribution in [0, 0.1) is 0 Å². The monoisotopic (exact) mass is 474 g/mol. The predicted molar refractivity (Wildman–Crippen MR) is 105 cm³/mol. The van der Waals surface area contributed by atoms with Crippen LogP contribution in [0.2, 0.25) is 5.02 Å². The number of anilines is 1. The number of hydrogen-bond donors (Lipinski definition) is 1. The average Bonchev–Trinajstić information content (AvgIpc) is 3.06. The smallest absolute Gasteiger partial charge is 0.414 e. The molecule has 1 aliphatic heterocycles. The van der Waals surface area contributed by atoms with Gasteiger partial charge in [-0.15, -0.1) is 0 Å². The van der Waals surface area contributed by atoms with E-state index in [4.69, 9.17) is 21.1 Å². The van der Waals surface area contributed by atoms with E-state index in [0.717, 1.165) is 0 Å². The third-order valence-corrected chi connectivity index (χ3v) is 6.13. The number of rotatable bonds is 6. The highest BCUT2D eigenvalue weighted by atomic mass is 79.9. The lowest BCUT2D eigenvalue weighted by molar-refractivity contribution is 0.181. The van der Waals surface area contributed by atoms with Crippen molar-refractivity contribution in [3.8, 4) is 5.75 Å². The number of sulfonamides is 1. The quantitative estimate of drug-likeness (QED) is 0.691. The summed E-state index contributed by atoms with van der Waals surface area (Å²) in [5, 5.41) is 0.262. The van der Waals surface area contributed by atoms with Crippen molar-refractivity contribution in [1.29, 1.82) is 0 Å². The average molecular weight is 476 g/mol. The van der Waals surface area contributed by atoms with Gasteiger partial charge in [0.2, 0.25) is 10.0 Å². The van der Waals surface area contributed by atoms with Crippen molar-refractivity contribution in [3.05, 3.63) is 51.5 Å². The molecule has 1 amide bonds. The Morgan fingerprint density at radius 1 is 1.33 bits per heavy atom. The van der Waals surface area contributed by atoms with Crippen LogP contribution < -0.4 is 14.4 Å². The van der Waals surface area contributed by atoms with Crippen LogP contribution in [0.25, 0.3) is 0 Å². The fraction of sp³-hybridized carbons (Fsp3) is 0.235. The lowest BCUT2D eigenvalue weighted by atomic mass is 10.2. The minimum absolute atomic E-state index is 0.0341. The zero-order valence-corrected chi connectivity index (χ0v) is 17.4. The Balaban J connectivity index is 1.81. The first-order valence-electron chi connectivity index (χ1n) is 7.88. The van der Waals surface area contributed by atoms with E-state index < -0.39 is 16.1 Å². The number of amides is 1. The number of halogens is 2. The maximum Gasteiger partial charge on any atom is 0.414 e. The summed E-state index contributed by atoms with van der Waals surface area (Å²) in [6.45, 7) is 0.827. The van der Waals surface area contributed by atoms with Gasteiger partial charge < -0.3 is 9.47 Å². The molecule has 3 rings (SSSR count). The third kappa shape index (κ3) is 4.37. The summed E-state index contributed by atoms with van der Waals surface area (Å²) in [6.07, 6.45) is -0.416. The zero-order valence-electron chi connectivity index (χ0n) is 14.2. The van der Waals surface area contributed by atoms with Crippen LogP contribution >= 0.6 is 27.5 Å². The molecular weight excluding hydrogens is 460 g/mol. The van der Waals surface area contributed by atoms with Gasteiger partial charge in [0.1, 0.15) is 11.5 Å². The molecule has 0 saturated carbocycles. The molecule has 1 fully saturated rings. The molecule has 0 spiro atoms. The highest BCUT2D eigenvalue weighted by Crippen LogP contribution is 2.35. The Bertz CT molecular complexity index is 983. The van der Waals surface area contributed by atoms with Crippen LogP contribution in [0.15, 0.2) is 45.8 Å². The molecule has 2 aromatic rings. The van der Waals surface area contributed by atoms with Gasteiger partial charge in [0.15, 0.2) is 5.75 Å². The second-order valence-corrected chi connectivity index (χ2v) is 8.71. The normalized spacial score (nSPS) is 14.3.